The van der Waals surface area contributed by atoms with Gasteiger partial charge in [-0.25, -0.2) is 0 Å². The van der Waals surface area contributed by atoms with Crippen molar-refractivity contribution in [3.8, 4) is 0 Å². The molecule has 2 aliphatic rings. The highest BCUT2D eigenvalue weighted by Crippen LogP contribution is 2.58. The maximum Gasteiger partial charge on any atom is 0.0433 e. The first kappa shape index (κ1) is 15.2. The fourth-order valence-corrected chi connectivity index (χ4v) is 4.46. The van der Waals surface area contributed by atoms with Crippen molar-refractivity contribution >= 4 is 15.9 Å². The first-order chi connectivity index (χ1) is 8.22. The first-order valence-electron chi connectivity index (χ1n) is 7.12. The molecule has 0 heterocycles. The van der Waals surface area contributed by atoms with Gasteiger partial charge in [-0.05, 0) is 60.8 Å². The second-order valence-corrected chi connectivity index (χ2v) is 5.84. The fraction of sp³-hybridized carbons (Fsp3) is 0.867. The van der Waals surface area contributed by atoms with E-state index in [2.05, 4.69) is 27.8 Å². The highest BCUT2D eigenvalue weighted by Gasteiger charge is 2.48. The van der Waals surface area contributed by atoms with E-state index in [9.17, 15) is 0 Å². The Kier molecular flexibility index (Phi) is 6.22. The normalized spacial score (nSPS) is 38.5. The van der Waals surface area contributed by atoms with Crippen LogP contribution < -0.4 is 0 Å². The largest absolute Gasteiger partial charge is 0.396 e. The predicted octanol–water partition coefficient (Wildman–Crippen LogP) is 4.89. The monoisotopic (exact) mass is 302 g/mol. The Morgan fingerprint density at radius 1 is 1.41 bits per heavy atom. The van der Waals surface area contributed by atoms with Gasteiger partial charge < -0.3 is 5.11 Å². The van der Waals surface area contributed by atoms with E-state index < -0.39 is 0 Å². The summed E-state index contributed by atoms with van der Waals surface area (Å²) in [7, 11) is 0. The summed E-state index contributed by atoms with van der Waals surface area (Å²) in [6.07, 6.45) is 7.60. The Morgan fingerprint density at radius 2 is 2.12 bits per heavy atom. The number of fused-ring (bicyclic) bond motifs is 1. The summed E-state index contributed by atoms with van der Waals surface area (Å²) in [4.78, 5) is 2.16. The van der Waals surface area contributed by atoms with Crippen molar-refractivity contribution < 1.29 is 5.11 Å². The molecule has 0 radical (unpaired) electrons. The van der Waals surface area contributed by atoms with Crippen molar-refractivity contribution in [1.82, 2.24) is 0 Å². The van der Waals surface area contributed by atoms with Crippen molar-refractivity contribution in [3.05, 3.63) is 10.6 Å². The van der Waals surface area contributed by atoms with Crippen LogP contribution in [0.2, 0.25) is 0 Å². The molecule has 0 amide bonds. The third kappa shape index (κ3) is 2.96. The Bertz CT molecular complexity index is 262. The molecular weight excluding hydrogens is 276 g/mol. The molecule has 100 valence electrons. The Labute approximate surface area is 115 Å². The summed E-state index contributed by atoms with van der Waals surface area (Å²) >= 11 is 3.52. The Morgan fingerprint density at radius 3 is 2.71 bits per heavy atom. The minimum atomic E-state index is 0.361. The zero-order valence-corrected chi connectivity index (χ0v) is 13.1. The van der Waals surface area contributed by atoms with E-state index in [0.717, 1.165) is 18.3 Å². The van der Waals surface area contributed by atoms with Crippen LogP contribution in [0.4, 0.5) is 0 Å². The van der Waals surface area contributed by atoms with Crippen LogP contribution in [0.3, 0.4) is 0 Å². The number of allylic oxidation sites excluding steroid dienone is 1. The maximum atomic E-state index is 9.13. The summed E-state index contributed by atoms with van der Waals surface area (Å²) in [5.41, 5.74) is 2.09. The van der Waals surface area contributed by atoms with Gasteiger partial charge in [0.05, 0.1) is 0 Å². The summed E-state index contributed by atoms with van der Waals surface area (Å²) in [5, 5.41) is 9.13. The van der Waals surface area contributed by atoms with E-state index in [1.165, 1.54) is 32.1 Å². The molecule has 2 aliphatic carbocycles. The zero-order chi connectivity index (χ0) is 12.9. The van der Waals surface area contributed by atoms with Gasteiger partial charge in [0.25, 0.3) is 0 Å². The van der Waals surface area contributed by atoms with Crippen LogP contribution >= 0.6 is 15.9 Å². The van der Waals surface area contributed by atoms with Crippen LogP contribution in [-0.2, 0) is 0 Å². The second-order valence-electron chi connectivity index (χ2n) is 5.38. The van der Waals surface area contributed by atoms with E-state index >= 15 is 0 Å². The van der Waals surface area contributed by atoms with Gasteiger partial charge in [-0.1, -0.05) is 42.3 Å². The van der Waals surface area contributed by atoms with Crippen LogP contribution in [0.15, 0.2) is 10.6 Å². The molecular formula is C15H27BrO. The van der Waals surface area contributed by atoms with E-state index in [1.807, 2.05) is 13.8 Å². The van der Waals surface area contributed by atoms with Gasteiger partial charge in [0.1, 0.15) is 0 Å². The number of aliphatic hydroxyl groups is 1. The van der Waals surface area contributed by atoms with Crippen LogP contribution in [0.5, 0.6) is 0 Å². The van der Waals surface area contributed by atoms with Crippen LogP contribution in [0.1, 0.15) is 59.3 Å². The molecule has 3 atom stereocenters. The fourth-order valence-electron chi connectivity index (χ4n) is 3.91. The lowest BCUT2D eigenvalue weighted by atomic mass is 9.63. The van der Waals surface area contributed by atoms with Crippen molar-refractivity contribution in [1.29, 1.82) is 0 Å². The van der Waals surface area contributed by atoms with Gasteiger partial charge in [0, 0.05) is 6.61 Å². The molecule has 1 N–H and O–H groups in total. The third-order valence-electron chi connectivity index (χ3n) is 4.78. The molecule has 0 spiro atoms. The molecule has 2 rings (SSSR count). The zero-order valence-electron chi connectivity index (χ0n) is 11.5. The van der Waals surface area contributed by atoms with Crippen LogP contribution in [0, 0.1) is 17.3 Å². The molecule has 0 aromatic carbocycles. The van der Waals surface area contributed by atoms with Crippen molar-refractivity contribution in [2.75, 3.05) is 6.61 Å². The number of aliphatic hydroxyl groups excluding tert-OH is 1. The summed E-state index contributed by atoms with van der Waals surface area (Å²) in [6.45, 7) is 6.81. The van der Waals surface area contributed by atoms with Crippen molar-refractivity contribution in [3.63, 3.8) is 0 Å². The average Bonchev–Trinajstić information content (AvgIpc) is 2.69. The van der Waals surface area contributed by atoms with Gasteiger partial charge in [0.2, 0.25) is 0 Å². The number of halogens is 1. The molecule has 1 nitrogen and oxygen atoms in total. The molecule has 0 saturated heterocycles. The van der Waals surface area contributed by atoms with E-state index in [4.69, 9.17) is 5.11 Å². The molecule has 0 bridgehead atoms. The first-order valence-corrected chi connectivity index (χ1v) is 8.04. The lowest BCUT2D eigenvalue weighted by molar-refractivity contribution is 0.111. The minimum Gasteiger partial charge on any atom is -0.396 e. The highest BCUT2D eigenvalue weighted by atomic mass is 79.9. The maximum absolute atomic E-state index is 9.13. The molecule has 0 aliphatic heterocycles. The number of rotatable bonds is 2. The third-order valence-corrected chi connectivity index (χ3v) is 5.37. The summed E-state index contributed by atoms with van der Waals surface area (Å²) in [5.74, 6) is 1.53. The van der Waals surface area contributed by atoms with E-state index in [0.29, 0.717) is 12.0 Å². The topological polar surface area (TPSA) is 20.2 Å². The van der Waals surface area contributed by atoms with Crippen molar-refractivity contribution in [2.24, 2.45) is 17.3 Å². The smallest absolute Gasteiger partial charge is 0.0433 e. The van der Waals surface area contributed by atoms with Gasteiger partial charge in [0.15, 0.2) is 0 Å². The SMILES string of the molecule is CC.CC12CCC/C(=C\Br)C1CCC2CCO. The van der Waals surface area contributed by atoms with E-state index in [-0.39, 0.29) is 0 Å². The Hall–Kier alpha value is 0.180. The van der Waals surface area contributed by atoms with Crippen LogP contribution in [0.25, 0.3) is 0 Å². The van der Waals surface area contributed by atoms with Gasteiger partial charge in [-0.3, -0.25) is 0 Å². The predicted molar refractivity (Wildman–Crippen MR) is 78.2 cm³/mol. The molecule has 2 saturated carbocycles. The molecule has 0 aromatic heterocycles. The van der Waals surface area contributed by atoms with Crippen molar-refractivity contribution in [2.45, 2.75) is 59.3 Å². The summed E-state index contributed by atoms with van der Waals surface area (Å²) in [6, 6.07) is 0. The number of hydrogen-bond acceptors (Lipinski definition) is 1. The molecule has 17 heavy (non-hydrogen) atoms. The lowest BCUT2D eigenvalue weighted by Crippen LogP contribution is -2.33. The quantitative estimate of drug-likeness (QED) is 0.770. The van der Waals surface area contributed by atoms with E-state index in [1.54, 1.807) is 5.57 Å². The number of hydrogen-bond donors (Lipinski definition) is 1. The average molecular weight is 303 g/mol. The minimum absolute atomic E-state index is 0.361. The molecule has 2 fully saturated rings. The van der Waals surface area contributed by atoms with Gasteiger partial charge in [-0.2, -0.15) is 0 Å². The summed E-state index contributed by atoms with van der Waals surface area (Å²) < 4.78 is 0. The molecule has 3 unspecified atom stereocenters. The Balaban J connectivity index is 0.000000686. The van der Waals surface area contributed by atoms with Gasteiger partial charge >= 0.3 is 0 Å². The molecule has 2 heteroatoms. The van der Waals surface area contributed by atoms with Gasteiger partial charge in [-0.15, -0.1) is 0 Å². The highest BCUT2D eigenvalue weighted by molar-refractivity contribution is 9.11. The lowest BCUT2D eigenvalue weighted by Gasteiger charge is -2.42. The second kappa shape index (κ2) is 6.94. The molecule has 0 aromatic rings. The van der Waals surface area contributed by atoms with Crippen LogP contribution in [-0.4, -0.2) is 11.7 Å². The standard InChI is InChI=1S/C13H21BrO.C2H6/c1-13-7-2-3-10(9-14)12(13)5-4-11(13)6-8-15;1-2/h9,11-12,15H,2-8H2,1H3;1-2H3/b10-9+;.